The van der Waals surface area contributed by atoms with Gasteiger partial charge in [-0.1, -0.05) is 6.07 Å². The third-order valence-electron chi connectivity index (χ3n) is 3.79. The molecule has 0 amide bonds. The van der Waals surface area contributed by atoms with Crippen molar-refractivity contribution in [2.45, 2.75) is 38.1 Å². The topological polar surface area (TPSA) is 58.2 Å². The van der Waals surface area contributed by atoms with Gasteiger partial charge in [0, 0.05) is 17.4 Å². The third-order valence-corrected chi connectivity index (χ3v) is 5.17. The molecule has 0 saturated heterocycles. The molecule has 2 N–H and O–H groups in total. The summed E-state index contributed by atoms with van der Waals surface area (Å²) in [5, 5.41) is 3.33. The first-order valence-corrected chi connectivity index (χ1v) is 8.82. The number of nitrogens with one attached hydrogen (secondary N) is 2. The zero-order valence-corrected chi connectivity index (χ0v) is 13.8. The minimum atomic E-state index is -3.56. The smallest absolute Gasteiger partial charge is 0.261 e. The maximum absolute atomic E-state index is 12.6. The number of anilines is 2. The van der Waals surface area contributed by atoms with Crippen LogP contribution < -0.4 is 10.0 Å². The van der Waals surface area contributed by atoms with Crippen molar-refractivity contribution in [3.05, 3.63) is 53.1 Å². The van der Waals surface area contributed by atoms with E-state index in [1.165, 1.54) is 0 Å². The van der Waals surface area contributed by atoms with Crippen LogP contribution in [0.15, 0.2) is 41.3 Å². The highest BCUT2D eigenvalue weighted by atomic mass is 32.2. The lowest BCUT2D eigenvalue weighted by Crippen LogP contribution is -2.13. The number of fused-ring (bicyclic) bond motifs is 1. The van der Waals surface area contributed by atoms with Crippen LogP contribution >= 0.6 is 0 Å². The molecule has 116 valence electrons. The summed E-state index contributed by atoms with van der Waals surface area (Å²) in [5.41, 5.74) is 4.74. The van der Waals surface area contributed by atoms with Crippen LogP contribution in [0.3, 0.4) is 0 Å². The fraction of sp³-hybridized carbons (Fsp3) is 0.294. The van der Waals surface area contributed by atoms with Crippen LogP contribution in [0.2, 0.25) is 0 Å². The summed E-state index contributed by atoms with van der Waals surface area (Å²) in [6.07, 6.45) is 0.849. The molecule has 0 spiro atoms. The highest BCUT2D eigenvalue weighted by molar-refractivity contribution is 7.92. The van der Waals surface area contributed by atoms with Crippen molar-refractivity contribution in [1.29, 1.82) is 0 Å². The fourth-order valence-corrected chi connectivity index (χ4v) is 4.03. The van der Waals surface area contributed by atoms with Gasteiger partial charge in [0.15, 0.2) is 0 Å². The van der Waals surface area contributed by atoms with Gasteiger partial charge in [-0.05, 0) is 74.2 Å². The maximum Gasteiger partial charge on any atom is 0.261 e. The molecular formula is C17H20N2O2S. The number of benzene rings is 2. The monoisotopic (exact) mass is 316 g/mol. The quantitative estimate of drug-likeness (QED) is 0.911. The van der Waals surface area contributed by atoms with Crippen LogP contribution in [0.4, 0.5) is 11.4 Å². The lowest BCUT2D eigenvalue weighted by atomic mass is 10.1. The Morgan fingerprint density at radius 3 is 2.45 bits per heavy atom. The number of sulfonamides is 1. The van der Waals surface area contributed by atoms with Crippen molar-refractivity contribution in [1.82, 2.24) is 0 Å². The van der Waals surface area contributed by atoms with E-state index in [4.69, 9.17) is 0 Å². The molecule has 2 aromatic carbocycles. The summed E-state index contributed by atoms with van der Waals surface area (Å²) in [6.45, 7) is 5.99. The first kappa shape index (κ1) is 14.9. The van der Waals surface area contributed by atoms with E-state index in [0.29, 0.717) is 16.6 Å². The second-order valence-corrected chi connectivity index (χ2v) is 7.73. The van der Waals surface area contributed by atoms with Gasteiger partial charge in [0.05, 0.1) is 4.90 Å². The van der Waals surface area contributed by atoms with Gasteiger partial charge >= 0.3 is 0 Å². The second-order valence-electron chi connectivity index (χ2n) is 6.05. The Morgan fingerprint density at radius 2 is 1.77 bits per heavy atom. The molecular weight excluding hydrogens is 296 g/mol. The Kier molecular flexibility index (Phi) is 3.60. The highest BCUT2D eigenvalue weighted by Gasteiger charge is 2.21. The van der Waals surface area contributed by atoms with E-state index in [1.54, 1.807) is 12.1 Å². The van der Waals surface area contributed by atoms with E-state index < -0.39 is 10.0 Å². The fourth-order valence-electron chi connectivity index (χ4n) is 2.94. The van der Waals surface area contributed by atoms with Crippen LogP contribution in [0.5, 0.6) is 0 Å². The standard InChI is InChI=1S/C17H20N2O2S/c1-11-6-12(2)8-15(7-11)19-22(20,21)16-4-5-17-14(10-16)9-13(3)18-17/h4-8,10,13,18-19H,9H2,1-3H3/t13-/m1/s1. The number of aryl methyl sites for hydroxylation is 2. The molecule has 0 aromatic heterocycles. The average molecular weight is 316 g/mol. The predicted octanol–water partition coefficient (Wildman–Crippen LogP) is 3.46. The summed E-state index contributed by atoms with van der Waals surface area (Å²) in [6, 6.07) is 11.3. The maximum atomic E-state index is 12.6. The van der Waals surface area contributed by atoms with Gasteiger partial charge in [-0.2, -0.15) is 0 Å². The Hall–Kier alpha value is -2.01. The summed E-state index contributed by atoms with van der Waals surface area (Å²) in [7, 11) is -3.56. The van der Waals surface area contributed by atoms with Crippen LogP contribution in [0.1, 0.15) is 23.6 Å². The van der Waals surface area contributed by atoms with Gasteiger partial charge in [0.25, 0.3) is 10.0 Å². The van der Waals surface area contributed by atoms with E-state index >= 15 is 0 Å². The zero-order valence-electron chi connectivity index (χ0n) is 13.0. The van der Waals surface area contributed by atoms with E-state index in [-0.39, 0.29) is 0 Å². The van der Waals surface area contributed by atoms with E-state index in [2.05, 4.69) is 17.0 Å². The van der Waals surface area contributed by atoms with Crippen molar-refractivity contribution < 1.29 is 8.42 Å². The summed E-state index contributed by atoms with van der Waals surface area (Å²) < 4.78 is 27.8. The van der Waals surface area contributed by atoms with Gasteiger partial charge in [0.2, 0.25) is 0 Å². The van der Waals surface area contributed by atoms with Crippen LogP contribution in [0, 0.1) is 13.8 Å². The molecule has 0 saturated carbocycles. The Bertz CT molecular complexity index is 808. The molecule has 4 nitrogen and oxygen atoms in total. The minimum Gasteiger partial charge on any atom is -0.382 e. The van der Waals surface area contributed by atoms with Crippen molar-refractivity contribution in [2.75, 3.05) is 10.0 Å². The molecule has 0 aliphatic carbocycles. The van der Waals surface area contributed by atoms with E-state index in [0.717, 1.165) is 28.8 Å². The van der Waals surface area contributed by atoms with Gasteiger partial charge < -0.3 is 5.32 Å². The zero-order chi connectivity index (χ0) is 15.9. The van der Waals surface area contributed by atoms with Crippen molar-refractivity contribution in [2.24, 2.45) is 0 Å². The molecule has 0 unspecified atom stereocenters. The number of hydrogen-bond donors (Lipinski definition) is 2. The lowest BCUT2D eigenvalue weighted by molar-refractivity contribution is 0.601. The Balaban J connectivity index is 1.92. The molecule has 0 bridgehead atoms. The van der Waals surface area contributed by atoms with Gasteiger partial charge in [-0.25, -0.2) is 8.42 Å². The summed E-state index contributed by atoms with van der Waals surface area (Å²) in [5.74, 6) is 0. The molecule has 0 fully saturated rings. The normalized spacial score (nSPS) is 17.0. The lowest BCUT2D eigenvalue weighted by Gasteiger charge is -2.11. The van der Waals surface area contributed by atoms with Gasteiger partial charge in [-0.3, -0.25) is 4.72 Å². The predicted molar refractivity (Wildman–Crippen MR) is 90.0 cm³/mol. The summed E-state index contributed by atoms with van der Waals surface area (Å²) >= 11 is 0. The van der Waals surface area contributed by atoms with Gasteiger partial charge in [-0.15, -0.1) is 0 Å². The third kappa shape index (κ3) is 2.95. The molecule has 1 aliphatic rings. The molecule has 1 aliphatic heterocycles. The van der Waals surface area contributed by atoms with Crippen LogP contribution in [0.25, 0.3) is 0 Å². The summed E-state index contributed by atoms with van der Waals surface area (Å²) in [4.78, 5) is 0.307. The van der Waals surface area contributed by atoms with Crippen molar-refractivity contribution in [3.63, 3.8) is 0 Å². The minimum absolute atomic E-state index is 0.307. The molecule has 5 heteroatoms. The Labute approximate surface area is 131 Å². The SMILES string of the molecule is Cc1cc(C)cc(NS(=O)(=O)c2ccc3c(c2)C[C@@H](C)N3)c1. The highest BCUT2D eigenvalue weighted by Crippen LogP contribution is 2.29. The van der Waals surface area contributed by atoms with E-state index in [9.17, 15) is 8.42 Å². The first-order chi connectivity index (χ1) is 10.3. The second kappa shape index (κ2) is 5.32. The van der Waals surface area contributed by atoms with Gasteiger partial charge in [0.1, 0.15) is 0 Å². The first-order valence-electron chi connectivity index (χ1n) is 7.34. The van der Waals surface area contributed by atoms with Crippen LogP contribution in [-0.4, -0.2) is 14.5 Å². The molecule has 22 heavy (non-hydrogen) atoms. The molecule has 1 heterocycles. The van der Waals surface area contributed by atoms with Crippen molar-refractivity contribution in [3.8, 4) is 0 Å². The van der Waals surface area contributed by atoms with Crippen molar-refractivity contribution >= 4 is 21.4 Å². The molecule has 2 aromatic rings. The largest absolute Gasteiger partial charge is 0.382 e. The molecule has 1 atom stereocenters. The Morgan fingerprint density at radius 1 is 1.09 bits per heavy atom. The van der Waals surface area contributed by atoms with E-state index in [1.807, 2.05) is 38.1 Å². The average Bonchev–Trinajstić information content (AvgIpc) is 2.75. The molecule has 0 radical (unpaired) electrons. The number of hydrogen-bond acceptors (Lipinski definition) is 3. The van der Waals surface area contributed by atoms with Crippen LogP contribution in [-0.2, 0) is 16.4 Å². The number of rotatable bonds is 3. The molecule has 3 rings (SSSR count).